The Hall–Kier alpha value is -1.80. The zero-order valence-electron chi connectivity index (χ0n) is 13.1. The molecule has 0 fully saturated rings. The molecule has 0 N–H and O–H groups in total. The Kier molecular flexibility index (Phi) is 6.02. The molecular weight excluding hydrogens is 294 g/mol. The topological polar surface area (TPSA) is 20.3 Å². The summed E-state index contributed by atoms with van der Waals surface area (Å²) < 4.78 is 0. The third-order valence-corrected chi connectivity index (χ3v) is 4.18. The molecule has 22 heavy (non-hydrogen) atoms. The number of hydrogen-bond donors (Lipinski definition) is 0. The monoisotopic (exact) mass is 315 g/mol. The second-order valence-electron chi connectivity index (χ2n) is 5.40. The molecule has 0 unspecified atom stereocenters. The van der Waals surface area contributed by atoms with Crippen LogP contribution in [0.3, 0.4) is 0 Å². The van der Waals surface area contributed by atoms with Gasteiger partial charge in [0, 0.05) is 23.2 Å². The van der Waals surface area contributed by atoms with E-state index in [1.165, 1.54) is 0 Å². The first-order valence-electron chi connectivity index (χ1n) is 7.76. The highest BCUT2D eigenvalue weighted by molar-refractivity contribution is 6.30. The molecule has 0 aliphatic carbocycles. The molecule has 2 aromatic carbocycles. The van der Waals surface area contributed by atoms with Crippen LogP contribution in [-0.4, -0.2) is 16.8 Å². The SMILES string of the molecule is CCC(CC)N(Cc1ccccc1)C(=O)c1ccc(Cl)cc1. The molecule has 0 saturated heterocycles. The molecule has 2 aromatic rings. The highest BCUT2D eigenvalue weighted by atomic mass is 35.5. The maximum Gasteiger partial charge on any atom is 0.254 e. The van der Waals surface area contributed by atoms with Gasteiger partial charge in [-0.25, -0.2) is 0 Å². The molecule has 2 rings (SSSR count). The van der Waals surface area contributed by atoms with Crippen LogP contribution in [0.5, 0.6) is 0 Å². The van der Waals surface area contributed by atoms with Crippen molar-refractivity contribution >= 4 is 17.5 Å². The average Bonchev–Trinajstić information content (AvgIpc) is 2.56. The summed E-state index contributed by atoms with van der Waals surface area (Å²) in [6.07, 6.45) is 1.89. The molecule has 0 bridgehead atoms. The molecule has 0 aromatic heterocycles. The Morgan fingerprint density at radius 2 is 1.59 bits per heavy atom. The van der Waals surface area contributed by atoms with Crippen LogP contribution in [0.1, 0.15) is 42.6 Å². The lowest BCUT2D eigenvalue weighted by Crippen LogP contribution is -2.39. The van der Waals surface area contributed by atoms with Gasteiger partial charge < -0.3 is 4.90 Å². The van der Waals surface area contributed by atoms with Gasteiger partial charge in [0.05, 0.1) is 0 Å². The molecule has 0 heterocycles. The largest absolute Gasteiger partial charge is 0.331 e. The predicted molar refractivity (Wildman–Crippen MR) is 92.1 cm³/mol. The maximum absolute atomic E-state index is 12.9. The summed E-state index contributed by atoms with van der Waals surface area (Å²) in [7, 11) is 0. The van der Waals surface area contributed by atoms with Crippen LogP contribution in [0.2, 0.25) is 5.02 Å². The molecule has 0 aliphatic heterocycles. The summed E-state index contributed by atoms with van der Waals surface area (Å²) in [4.78, 5) is 14.9. The Balaban J connectivity index is 2.27. The highest BCUT2D eigenvalue weighted by Gasteiger charge is 2.22. The van der Waals surface area contributed by atoms with Gasteiger partial charge in [0.2, 0.25) is 0 Å². The number of benzene rings is 2. The van der Waals surface area contributed by atoms with E-state index in [2.05, 4.69) is 26.0 Å². The van der Waals surface area contributed by atoms with E-state index < -0.39 is 0 Å². The van der Waals surface area contributed by atoms with Crippen molar-refractivity contribution in [3.63, 3.8) is 0 Å². The van der Waals surface area contributed by atoms with Gasteiger partial charge in [-0.1, -0.05) is 55.8 Å². The van der Waals surface area contributed by atoms with Crippen molar-refractivity contribution in [1.29, 1.82) is 0 Å². The molecule has 0 radical (unpaired) electrons. The second kappa shape index (κ2) is 8.00. The summed E-state index contributed by atoms with van der Waals surface area (Å²) in [5.74, 6) is 0.0641. The quantitative estimate of drug-likeness (QED) is 0.720. The maximum atomic E-state index is 12.9. The van der Waals surface area contributed by atoms with Gasteiger partial charge in [-0.15, -0.1) is 0 Å². The smallest absolute Gasteiger partial charge is 0.254 e. The molecule has 1 amide bonds. The Labute approximate surface area is 137 Å². The Morgan fingerprint density at radius 1 is 1.00 bits per heavy atom. The lowest BCUT2D eigenvalue weighted by atomic mass is 10.1. The van der Waals surface area contributed by atoms with Gasteiger partial charge in [0.1, 0.15) is 0 Å². The zero-order chi connectivity index (χ0) is 15.9. The number of hydrogen-bond acceptors (Lipinski definition) is 1. The fourth-order valence-electron chi connectivity index (χ4n) is 2.63. The Morgan fingerprint density at radius 3 is 2.14 bits per heavy atom. The minimum absolute atomic E-state index is 0.0641. The van der Waals surface area contributed by atoms with E-state index in [1.54, 1.807) is 24.3 Å². The van der Waals surface area contributed by atoms with Gasteiger partial charge >= 0.3 is 0 Å². The van der Waals surface area contributed by atoms with Crippen LogP contribution in [-0.2, 0) is 6.54 Å². The van der Waals surface area contributed by atoms with Gasteiger partial charge in [-0.3, -0.25) is 4.79 Å². The van der Waals surface area contributed by atoms with E-state index in [0.717, 1.165) is 18.4 Å². The number of carbonyl (C=O) groups excluding carboxylic acids is 1. The summed E-state index contributed by atoms with van der Waals surface area (Å²) in [5.41, 5.74) is 1.84. The van der Waals surface area contributed by atoms with Crippen LogP contribution in [0.15, 0.2) is 54.6 Å². The molecule has 3 heteroatoms. The number of amides is 1. The number of rotatable bonds is 6. The minimum Gasteiger partial charge on any atom is -0.331 e. The van der Waals surface area contributed by atoms with Crippen LogP contribution >= 0.6 is 11.6 Å². The molecule has 0 aliphatic rings. The molecule has 2 nitrogen and oxygen atoms in total. The van der Waals surface area contributed by atoms with E-state index in [0.29, 0.717) is 17.1 Å². The highest BCUT2D eigenvalue weighted by Crippen LogP contribution is 2.19. The van der Waals surface area contributed by atoms with Gasteiger partial charge in [-0.2, -0.15) is 0 Å². The van der Waals surface area contributed by atoms with Crippen molar-refractivity contribution < 1.29 is 4.79 Å². The first kappa shape index (κ1) is 16.6. The normalized spacial score (nSPS) is 10.7. The summed E-state index contributed by atoms with van der Waals surface area (Å²) >= 11 is 5.92. The van der Waals surface area contributed by atoms with E-state index in [4.69, 9.17) is 11.6 Å². The van der Waals surface area contributed by atoms with E-state index in [-0.39, 0.29) is 11.9 Å². The second-order valence-corrected chi connectivity index (χ2v) is 5.83. The average molecular weight is 316 g/mol. The van der Waals surface area contributed by atoms with Crippen molar-refractivity contribution in [3.8, 4) is 0 Å². The third kappa shape index (κ3) is 4.11. The van der Waals surface area contributed by atoms with Gasteiger partial charge in [0.25, 0.3) is 5.91 Å². The van der Waals surface area contributed by atoms with Crippen LogP contribution in [0.25, 0.3) is 0 Å². The molecule has 0 saturated carbocycles. The fraction of sp³-hybridized carbons (Fsp3) is 0.316. The molecule has 116 valence electrons. The summed E-state index contributed by atoms with van der Waals surface area (Å²) in [6.45, 7) is 4.89. The number of halogens is 1. The number of nitrogens with zero attached hydrogens (tertiary/aromatic N) is 1. The summed E-state index contributed by atoms with van der Waals surface area (Å²) in [6, 6.07) is 17.5. The minimum atomic E-state index is 0.0641. The van der Waals surface area contributed by atoms with Gasteiger partial charge in [0.15, 0.2) is 0 Å². The van der Waals surface area contributed by atoms with Crippen LogP contribution in [0.4, 0.5) is 0 Å². The zero-order valence-corrected chi connectivity index (χ0v) is 13.9. The van der Waals surface area contributed by atoms with Crippen molar-refractivity contribution in [1.82, 2.24) is 4.90 Å². The number of carbonyl (C=O) groups is 1. The third-order valence-electron chi connectivity index (χ3n) is 3.93. The molecule has 0 spiro atoms. The van der Waals surface area contributed by atoms with E-state index in [1.807, 2.05) is 23.1 Å². The lowest BCUT2D eigenvalue weighted by Gasteiger charge is -2.31. The van der Waals surface area contributed by atoms with E-state index >= 15 is 0 Å². The molecule has 0 atom stereocenters. The first-order chi connectivity index (χ1) is 10.7. The molecular formula is C19H22ClNO. The lowest BCUT2D eigenvalue weighted by molar-refractivity contribution is 0.0649. The van der Waals surface area contributed by atoms with Crippen molar-refractivity contribution in [2.24, 2.45) is 0 Å². The summed E-state index contributed by atoms with van der Waals surface area (Å²) in [5, 5.41) is 0.647. The van der Waals surface area contributed by atoms with Crippen molar-refractivity contribution in [2.45, 2.75) is 39.3 Å². The first-order valence-corrected chi connectivity index (χ1v) is 8.14. The van der Waals surface area contributed by atoms with Gasteiger partial charge in [-0.05, 0) is 42.7 Å². The van der Waals surface area contributed by atoms with Crippen LogP contribution in [0, 0.1) is 0 Å². The van der Waals surface area contributed by atoms with E-state index in [9.17, 15) is 4.79 Å². The van der Waals surface area contributed by atoms with Crippen molar-refractivity contribution in [3.05, 3.63) is 70.7 Å². The van der Waals surface area contributed by atoms with Crippen LogP contribution < -0.4 is 0 Å². The fourth-order valence-corrected chi connectivity index (χ4v) is 2.76. The predicted octanol–water partition coefficient (Wildman–Crippen LogP) is 5.17. The Bertz CT molecular complexity index is 591. The van der Waals surface area contributed by atoms with Crippen molar-refractivity contribution in [2.75, 3.05) is 0 Å². The standard InChI is InChI=1S/C19H22ClNO/c1-3-18(4-2)21(14-15-8-6-5-7-9-15)19(22)16-10-12-17(20)13-11-16/h5-13,18H,3-4,14H2,1-2H3.